The molecule has 0 radical (unpaired) electrons. The van der Waals surface area contributed by atoms with Crippen molar-refractivity contribution in [2.75, 3.05) is 0 Å². The fourth-order valence-electron chi connectivity index (χ4n) is 1.20. The molecule has 0 bridgehead atoms. The molecule has 0 atom stereocenters. The summed E-state index contributed by atoms with van der Waals surface area (Å²) in [5.74, 6) is 5.87. The number of aromatic nitrogens is 2. The van der Waals surface area contributed by atoms with E-state index in [0.717, 1.165) is 24.2 Å². The highest BCUT2D eigenvalue weighted by Gasteiger charge is 2.02. The molecule has 1 rings (SSSR count). The SMILES string of the molecule is CC#CCCn1ncc(CN)c1C. The number of hydrogen-bond acceptors (Lipinski definition) is 2. The molecular formula is C10H15N3. The lowest BCUT2D eigenvalue weighted by atomic mass is 10.2. The predicted octanol–water partition coefficient (Wildman–Crippen LogP) is 1.06. The van der Waals surface area contributed by atoms with E-state index in [4.69, 9.17) is 5.73 Å². The summed E-state index contributed by atoms with van der Waals surface area (Å²) in [4.78, 5) is 0. The van der Waals surface area contributed by atoms with Crippen LogP contribution in [0.25, 0.3) is 0 Å². The van der Waals surface area contributed by atoms with Gasteiger partial charge in [-0.2, -0.15) is 5.10 Å². The highest BCUT2D eigenvalue weighted by atomic mass is 15.3. The van der Waals surface area contributed by atoms with Crippen molar-refractivity contribution in [3.8, 4) is 11.8 Å². The molecule has 70 valence electrons. The molecule has 0 aliphatic rings. The average Bonchev–Trinajstić information content (AvgIpc) is 2.48. The first-order chi connectivity index (χ1) is 6.29. The highest BCUT2D eigenvalue weighted by Crippen LogP contribution is 2.05. The summed E-state index contributed by atoms with van der Waals surface area (Å²) in [7, 11) is 0. The van der Waals surface area contributed by atoms with Gasteiger partial charge in [0.1, 0.15) is 0 Å². The van der Waals surface area contributed by atoms with E-state index in [0.29, 0.717) is 6.54 Å². The quantitative estimate of drug-likeness (QED) is 0.702. The van der Waals surface area contributed by atoms with Crippen molar-refractivity contribution in [3.05, 3.63) is 17.5 Å². The van der Waals surface area contributed by atoms with E-state index in [1.54, 1.807) is 0 Å². The zero-order valence-corrected chi connectivity index (χ0v) is 8.17. The first kappa shape index (κ1) is 9.82. The minimum atomic E-state index is 0.561. The first-order valence-electron chi connectivity index (χ1n) is 4.40. The molecule has 0 aliphatic carbocycles. The minimum Gasteiger partial charge on any atom is -0.326 e. The van der Waals surface area contributed by atoms with E-state index in [1.165, 1.54) is 0 Å². The van der Waals surface area contributed by atoms with E-state index in [1.807, 2.05) is 24.7 Å². The third-order valence-corrected chi connectivity index (χ3v) is 2.05. The van der Waals surface area contributed by atoms with Crippen LogP contribution in [0.1, 0.15) is 24.6 Å². The summed E-state index contributed by atoms with van der Waals surface area (Å²) < 4.78 is 1.95. The summed E-state index contributed by atoms with van der Waals surface area (Å²) in [5, 5.41) is 4.23. The van der Waals surface area contributed by atoms with E-state index in [2.05, 4.69) is 16.9 Å². The number of aryl methyl sites for hydroxylation is 1. The number of nitrogens with zero attached hydrogens (tertiary/aromatic N) is 2. The highest BCUT2D eigenvalue weighted by molar-refractivity contribution is 5.15. The van der Waals surface area contributed by atoms with Crippen LogP contribution >= 0.6 is 0 Å². The number of nitrogens with two attached hydrogens (primary N) is 1. The van der Waals surface area contributed by atoms with Gasteiger partial charge in [0, 0.05) is 24.2 Å². The lowest BCUT2D eigenvalue weighted by molar-refractivity contribution is 0.611. The minimum absolute atomic E-state index is 0.561. The monoisotopic (exact) mass is 177 g/mol. The lowest BCUT2D eigenvalue weighted by Gasteiger charge is -2.01. The second-order valence-corrected chi connectivity index (χ2v) is 2.86. The van der Waals surface area contributed by atoms with Gasteiger partial charge in [-0.3, -0.25) is 4.68 Å². The van der Waals surface area contributed by atoms with Gasteiger partial charge in [-0.15, -0.1) is 11.8 Å². The largest absolute Gasteiger partial charge is 0.326 e. The molecule has 0 saturated carbocycles. The second kappa shape index (κ2) is 4.68. The molecule has 3 nitrogen and oxygen atoms in total. The lowest BCUT2D eigenvalue weighted by Crippen LogP contribution is -2.03. The van der Waals surface area contributed by atoms with Crippen LogP contribution in [0.15, 0.2) is 6.20 Å². The van der Waals surface area contributed by atoms with Crippen LogP contribution in [0.3, 0.4) is 0 Å². The Morgan fingerprint density at radius 2 is 2.38 bits per heavy atom. The number of rotatable bonds is 3. The van der Waals surface area contributed by atoms with Gasteiger partial charge in [0.15, 0.2) is 0 Å². The molecule has 13 heavy (non-hydrogen) atoms. The molecule has 0 aliphatic heterocycles. The fourth-order valence-corrected chi connectivity index (χ4v) is 1.20. The maximum atomic E-state index is 5.54. The molecule has 0 unspecified atom stereocenters. The Kier molecular flexibility index (Phi) is 3.53. The zero-order chi connectivity index (χ0) is 9.68. The Labute approximate surface area is 78.9 Å². The van der Waals surface area contributed by atoms with Gasteiger partial charge < -0.3 is 5.73 Å². The van der Waals surface area contributed by atoms with E-state index in [-0.39, 0.29) is 0 Å². The Hall–Kier alpha value is -1.27. The molecule has 0 spiro atoms. The van der Waals surface area contributed by atoms with E-state index in [9.17, 15) is 0 Å². The van der Waals surface area contributed by atoms with Crippen LogP contribution in [0.5, 0.6) is 0 Å². The van der Waals surface area contributed by atoms with Gasteiger partial charge in [-0.05, 0) is 13.8 Å². The van der Waals surface area contributed by atoms with Crippen molar-refractivity contribution in [1.29, 1.82) is 0 Å². The Balaban J connectivity index is 2.65. The van der Waals surface area contributed by atoms with Crippen molar-refractivity contribution >= 4 is 0 Å². The van der Waals surface area contributed by atoms with Crippen LogP contribution in [-0.2, 0) is 13.1 Å². The average molecular weight is 177 g/mol. The predicted molar refractivity (Wildman–Crippen MR) is 52.9 cm³/mol. The van der Waals surface area contributed by atoms with Gasteiger partial charge in [0.05, 0.1) is 12.7 Å². The normalized spacial score (nSPS) is 9.46. The molecule has 0 amide bonds. The van der Waals surface area contributed by atoms with Crippen LogP contribution in [0.4, 0.5) is 0 Å². The topological polar surface area (TPSA) is 43.8 Å². The standard InChI is InChI=1S/C10H15N3/c1-3-4-5-6-13-9(2)10(7-11)8-12-13/h8H,5-7,11H2,1-2H3. The van der Waals surface area contributed by atoms with Crippen molar-refractivity contribution in [2.24, 2.45) is 5.73 Å². The fraction of sp³-hybridized carbons (Fsp3) is 0.500. The number of hydrogen-bond donors (Lipinski definition) is 1. The van der Waals surface area contributed by atoms with Crippen LogP contribution < -0.4 is 5.73 Å². The Morgan fingerprint density at radius 1 is 1.62 bits per heavy atom. The second-order valence-electron chi connectivity index (χ2n) is 2.86. The van der Waals surface area contributed by atoms with Crippen LogP contribution in [0.2, 0.25) is 0 Å². The summed E-state index contributed by atoms with van der Waals surface area (Å²) >= 11 is 0. The third-order valence-electron chi connectivity index (χ3n) is 2.05. The molecular weight excluding hydrogens is 162 g/mol. The van der Waals surface area contributed by atoms with Crippen molar-refractivity contribution in [3.63, 3.8) is 0 Å². The first-order valence-corrected chi connectivity index (χ1v) is 4.40. The molecule has 1 aromatic heterocycles. The molecule has 0 fully saturated rings. The molecule has 2 N–H and O–H groups in total. The summed E-state index contributed by atoms with van der Waals surface area (Å²) in [6.07, 6.45) is 2.68. The van der Waals surface area contributed by atoms with Gasteiger partial charge in [0.25, 0.3) is 0 Å². The Bertz CT molecular complexity index is 328. The van der Waals surface area contributed by atoms with E-state index >= 15 is 0 Å². The maximum Gasteiger partial charge on any atom is 0.0537 e. The maximum absolute atomic E-state index is 5.54. The van der Waals surface area contributed by atoms with Crippen molar-refractivity contribution < 1.29 is 0 Å². The van der Waals surface area contributed by atoms with Gasteiger partial charge in [0.2, 0.25) is 0 Å². The summed E-state index contributed by atoms with van der Waals surface area (Å²) in [5.41, 5.74) is 7.81. The van der Waals surface area contributed by atoms with Gasteiger partial charge in [-0.25, -0.2) is 0 Å². The molecule has 0 aromatic carbocycles. The van der Waals surface area contributed by atoms with Crippen molar-refractivity contribution in [2.45, 2.75) is 33.4 Å². The smallest absolute Gasteiger partial charge is 0.0537 e. The zero-order valence-electron chi connectivity index (χ0n) is 8.17. The van der Waals surface area contributed by atoms with Gasteiger partial charge in [-0.1, -0.05) is 0 Å². The Morgan fingerprint density at radius 3 is 2.92 bits per heavy atom. The van der Waals surface area contributed by atoms with Gasteiger partial charge >= 0.3 is 0 Å². The van der Waals surface area contributed by atoms with Crippen LogP contribution in [-0.4, -0.2) is 9.78 Å². The third kappa shape index (κ3) is 2.33. The summed E-state index contributed by atoms with van der Waals surface area (Å²) in [6, 6.07) is 0. The van der Waals surface area contributed by atoms with Crippen LogP contribution in [0, 0.1) is 18.8 Å². The molecule has 3 heteroatoms. The molecule has 1 heterocycles. The molecule has 1 aromatic rings. The van der Waals surface area contributed by atoms with Crippen molar-refractivity contribution in [1.82, 2.24) is 9.78 Å². The molecule has 0 saturated heterocycles. The summed E-state index contributed by atoms with van der Waals surface area (Å²) in [6.45, 7) is 5.30. The van der Waals surface area contributed by atoms with E-state index < -0.39 is 0 Å².